The number of nitrogens with one attached hydrogen (secondary N) is 3. The second kappa shape index (κ2) is 4.96. The second-order valence-electron chi connectivity index (χ2n) is 2.92. The fourth-order valence-electron chi connectivity index (χ4n) is 1.17. The van der Waals surface area contributed by atoms with Gasteiger partial charge in [0.25, 0.3) is 5.56 Å². The van der Waals surface area contributed by atoms with Crippen molar-refractivity contribution in [3.8, 4) is 0 Å². The van der Waals surface area contributed by atoms with Gasteiger partial charge in [-0.1, -0.05) is 6.58 Å². The van der Waals surface area contributed by atoms with E-state index in [0.717, 1.165) is 0 Å². The molecule has 16 heavy (non-hydrogen) atoms. The van der Waals surface area contributed by atoms with E-state index in [-0.39, 0.29) is 5.69 Å². The summed E-state index contributed by atoms with van der Waals surface area (Å²) in [5.41, 5.74) is 1.68. The first kappa shape index (κ1) is 11.8. The fraction of sp³-hybridized carbons (Fsp3) is 0.222. The van der Waals surface area contributed by atoms with Gasteiger partial charge in [-0.05, 0) is 6.08 Å². The minimum absolute atomic E-state index is 0.169. The normalized spacial score (nSPS) is 10.4. The van der Waals surface area contributed by atoms with Crippen molar-refractivity contribution in [2.75, 3.05) is 17.8 Å². The molecule has 0 saturated heterocycles. The Hall–Kier alpha value is -2.31. The van der Waals surface area contributed by atoms with E-state index in [1.54, 1.807) is 7.05 Å². The molecule has 0 radical (unpaired) electrons. The molecule has 0 bridgehead atoms. The first-order valence-corrected chi connectivity index (χ1v) is 4.53. The minimum Gasteiger partial charge on any atom is -0.372 e. The Bertz CT molecular complexity index is 526. The number of rotatable bonds is 4. The third-order valence-corrected chi connectivity index (χ3v) is 1.92. The van der Waals surface area contributed by atoms with Crippen molar-refractivity contribution in [2.45, 2.75) is 0 Å². The lowest BCUT2D eigenvalue weighted by molar-refractivity contribution is 0.808. The van der Waals surface area contributed by atoms with Gasteiger partial charge >= 0.3 is 5.69 Å². The molecular weight excluding hydrogens is 210 g/mol. The number of hydrogen-bond acceptors (Lipinski definition) is 5. The van der Waals surface area contributed by atoms with Gasteiger partial charge in [0, 0.05) is 20.3 Å². The number of hydrazone groups is 1. The van der Waals surface area contributed by atoms with E-state index in [1.165, 1.54) is 23.9 Å². The zero-order valence-electron chi connectivity index (χ0n) is 9.07. The molecule has 0 fully saturated rings. The largest absolute Gasteiger partial charge is 0.372 e. The third kappa shape index (κ3) is 2.19. The second-order valence-corrected chi connectivity index (χ2v) is 2.92. The Morgan fingerprint density at radius 2 is 2.19 bits per heavy atom. The summed E-state index contributed by atoms with van der Waals surface area (Å²) in [6, 6.07) is 0. The van der Waals surface area contributed by atoms with Crippen molar-refractivity contribution < 1.29 is 0 Å². The van der Waals surface area contributed by atoms with Gasteiger partial charge < -0.3 is 5.32 Å². The molecule has 0 spiro atoms. The summed E-state index contributed by atoms with van der Waals surface area (Å²) in [7, 11) is 3.14. The zero-order chi connectivity index (χ0) is 12.1. The first-order valence-electron chi connectivity index (χ1n) is 4.53. The quantitative estimate of drug-likeness (QED) is 0.482. The molecule has 1 aromatic rings. The highest BCUT2D eigenvalue weighted by molar-refractivity contribution is 5.72. The summed E-state index contributed by atoms with van der Waals surface area (Å²) in [4.78, 5) is 24.9. The van der Waals surface area contributed by atoms with Crippen LogP contribution < -0.4 is 22.0 Å². The highest BCUT2D eigenvalue weighted by Crippen LogP contribution is 2.11. The van der Waals surface area contributed by atoms with Crippen LogP contribution in [0.5, 0.6) is 0 Å². The maximum atomic E-state index is 11.5. The Morgan fingerprint density at radius 1 is 1.50 bits per heavy atom. The maximum Gasteiger partial charge on any atom is 0.329 e. The monoisotopic (exact) mass is 223 g/mol. The lowest BCUT2D eigenvalue weighted by Gasteiger charge is -2.10. The Balaban J connectivity index is 3.31. The van der Waals surface area contributed by atoms with Crippen LogP contribution in [0.4, 0.5) is 11.5 Å². The van der Waals surface area contributed by atoms with Crippen molar-refractivity contribution >= 4 is 17.7 Å². The molecule has 7 nitrogen and oxygen atoms in total. The standard InChI is InChI=1S/C9H13N5O2/c1-4-5-11-13-6-7(10-2)14(3)9(16)12-8(6)15/h4-5,10,13H,1H2,2-3H3,(H,12,15,16)/b11-5-. The van der Waals surface area contributed by atoms with E-state index in [2.05, 4.69) is 27.4 Å². The van der Waals surface area contributed by atoms with Gasteiger partial charge in [0.1, 0.15) is 5.82 Å². The Labute approximate surface area is 91.5 Å². The molecule has 86 valence electrons. The predicted octanol–water partition coefficient (Wildman–Crippen LogP) is -0.301. The minimum atomic E-state index is -0.534. The summed E-state index contributed by atoms with van der Waals surface area (Å²) in [6.07, 6.45) is 2.85. The molecule has 0 aromatic carbocycles. The van der Waals surface area contributed by atoms with Crippen LogP contribution in [0.1, 0.15) is 0 Å². The van der Waals surface area contributed by atoms with Gasteiger partial charge in [0.2, 0.25) is 0 Å². The number of allylic oxidation sites excluding steroid dienone is 1. The SMILES string of the molecule is C=C/C=N\Nc1c(NC)n(C)c(=O)[nH]c1=O. The molecule has 1 aromatic heterocycles. The molecule has 0 atom stereocenters. The first-order chi connectivity index (χ1) is 7.61. The van der Waals surface area contributed by atoms with Gasteiger partial charge in [0.05, 0.1) is 0 Å². The van der Waals surface area contributed by atoms with Crippen LogP contribution in [-0.4, -0.2) is 22.8 Å². The number of H-pyrrole nitrogens is 1. The predicted molar refractivity (Wildman–Crippen MR) is 64.2 cm³/mol. The summed E-state index contributed by atoms with van der Waals surface area (Å²) < 4.78 is 1.27. The van der Waals surface area contributed by atoms with E-state index in [0.29, 0.717) is 5.82 Å². The molecule has 1 heterocycles. The van der Waals surface area contributed by atoms with Gasteiger partial charge in [-0.15, -0.1) is 0 Å². The summed E-state index contributed by atoms with van der Waals surface area (Å²) in [5.74, 6) is 0.356. The van der Waals surface area contributed by atoms with E-state index in [4.69, 9.17) is 0 Å². The number of anilines is 2. The van der Waals surface area contributed by atoms with E-state index >= 15 is 0 Å². The lowest BCUT2D eigenvalue weighted by atomic mass is 10.4. The number of nitrogens with zero attached hydrogens (tertiary/aromatic N) is 2. The van der Waals surface area contributed by atoms with Crippen LogP contribution in [0.3, 0.4) is 0 Å². The smallest absolute Gasteiger partial charge is 0.329 e. The van der Waals surface area contributed by atoms with E-state index in [1.807, 2.05) is 0 Å². The molecule has 7 heteroatoms. The number of aromatic amines is 1. The number of hydrogen-bond donors (Lipinski definition) is 3. The van der Waals surface area contributed by atoms with Crippen LogP contribution in [0.15, 0.2) is 27.3 Å². The maximum absolute atomic E-state index is 11.5. The van der Waals surface area contributed by atoms with E-state index in [9.17, 15) is 9.59 Å². The molecule has 3 N–H and O–H groups in total. The average Bonchev–Trinajstić information content (AvgIpc) is 2.26. The van der Waals surface area contributed by atoms with Gasteiger partial charge in [-0.25, -0.2) is 4.79 Å². The summed E-state index contributed by atoms with van der Waals surface area (Å²) in [6.45, 7) is 3.44. The van der Waals surface area contributed by atoms with Gasteiger partial charge in [0.15, 0.2) is 5.69 Å². The topological polar surface area (TPSA) is 91.3 Å². The molecule has 0 aliphatic rings. The molecule has 0 amide bonds. The average molecular weight is 223 g/mol. The third-order valence-electron chi connectivity index (χ3n) is 1.92. The van der Waals surface area contributed by atoms with Crippen molar-refractivity contribution in [1.29, 1.82) is 0 Å². The zero-order valence-corrected chi connectivity index (χ0v) is 9.07. The fourth-order valence-corrected chi connectivity index (χ4v) is 1.17. The van der Waals surface area contributed by atoms with Gasteiger partial charge in [-0.2, -0.15) is 5.10 Å². The molecule has 0 aliphatic heterocycles. The van der Waals surface area contributed by atoms with Crippen LogP contribution in [-0.2, 0) is 7.05 Å². The van der Waals surface area contributed by atoms with Crippen molar-refractivity contribution in [2.24, 2.45) is 12.1 Å². The summed E-state index contributed by atoms with van der Waals surface area (Å²) >= 11 is 0. The van der Waals surface area contributed by atoms with Crippen molar-refractivity contribution in [3.63, 3.8) is 0 Å². The molecule has 0 aliphatic carbocycles. The molecule has 0 unspecified atom stereocenters. The Kier molecular flexibility index (Phi) is 3.65. The van der Waals surface area contributed by atoms with Crippen LogP contribution in [0.2, 0.25) is 0 Å². The molecule has 1 rings (SSSR count). The van der Waals surface area contributed by atoms with Crippen molar-refractivity contribution in [3.05, 3.63) is 33.5 Å². The number of aromatic nitrogens is 2. The highest BCUT2D eigenvalue weighted by Gasteiger charge is 2.10. The van der Waals surface area contributed by atoms with Crippen LogP contribution >= 0.6 is 0 Å². The Morgan fingerprint density at radius 3 is 2.75 bits per heavy atom. The molecular formula is C9H13N5O2. The highest BCUT2D eigenvalue weighted by atomic mass is 16.2. The van der Waals surface area contributed by atoms with Crippen LogP contribution in [0.25, 0.3) is 0 Å². The van der Waals surface area contributed by atoms with E-state index < -0.39 is 11.2 Å². The van der Waals surface area contributed by atoms with Crippen LogP contribution in [0, 0.1) is 0 Å². The van der Waals surface area contributed by atoms with Gasteiger partial charge in [-0.3, -0.25) is 19.8 Å². The lowest BCUT2D eigenvalue weighted by Crippen LogP contribution is -2.31. The summed E-state index contributed by atoms with van der Waals surface area (Å²) in [5, 5.41) is 6.49. The van der Waals surface area contributed by atoms with Crippen molar-refractivity contribution in [1.82, 2.24) is 9.55 Å². The molecule has 0 saturated carbocycles.